The maximum absolute atomic E-state index is 12.5. The minimum Gasteiger partial charge on any atom is -0.372 e. The van der Waals surface area contributed by atoms with Gasteiger partial charge in [0.15, 0.2) is 0 Å². The van der Waals surface area contributed by atoms with Gasteiger partial charge in [0.2, 0.25) is 5.91 Å². The molecular weight excluding hydrogens is 284 g/mol. The highest BCUT2D eigenvalue weighted by Gasteiger charge is 2.31. The Morgan fingerprint density at radius 3 is 3.19 bits per heavy atom. The topological polar surface area (TPSA) is 58.1 Å². The Morgan fingerprint density at radius 1 is 1.52 bits per heavy atom. The summed E-state index contributed by atoms with van der Waals surface area (Å²) in [5.41, 5.74) is 1.96. The van der Waals surface area contributed by atoms with Crippen molar-refractivity contribution in [1.29, 1.82) is 0 Å². The molecule has 1 N–H and O–H groups in total. The van der Waals surface area contributed by atoms with E-state index in [9.17, 15) is 4.79 Å². The quantitative estimate of drug-likeness (QED) is 0.942. The molecule has 1 saturated heterocycles. The van der Waals surface area contributed by atoms with Gasteiger partial charge in [0.25, 0.3) is 0 Å². The van der Waals surface area contributed by atoms with Crippen LogP contribution in [0.5, 0.6) is 0 Å². The van der Waals surface area contributed by atoms with Crippen LogP contribution in [0.2, 0.25) is 0 Å². The van der Waals surface area contributed by atoms with Crippen molar-refractivity contribution in [1.82, 2.24) is 14.9 Å². The molecule has 2 aromatic heterocycles. The predicted molar refractivity (Wildman–Crippen MR) is 83.3 cm³/mol. The van der Waals surface area contributed by atoms with Crippen LogP contribution in [-0.4, -0.2) is 34.4 Å². The number of hydrogen-bond donors (Lipinski definition) is 1. The number of carbonyl (C=O) groups excluding carboxylic acids is 1. The van der Waals surface area contributed by atoms with E-state index in [0.29, 0.717) is 6.42 Å². The Morgan fingerprint density at radius 2 is 2.43 bits per heavy atom. The lowest BCUT2D eigenvalue weighted by Gasteiger charge is -2.24. The van der Waals surface area contributed by atoms with Crippen molar-refractivity contribution in [2.24, 2.45) is 0 Å². The molecule has 1 atom stereocenters. The average Bonchev–Trinajstić information content (AvgIpc) is 3.18. The zero-order chi connectivity index (χ0) is 14.7. The summed E-state index contributed by atoms with van der Waals surface area (Å²) in [6, 6.07) is 2.06. The first-order valence-electron chi connectivity index (χ1n) is 7.08. The largest absolute Gasteiger partial charge is 0.372 e. The first-order valence-corrected chi connectivity index (χ1v) is 8.02. The minimum absolute atomic E-state index is 0.0527. The fraction of sp³-hybridized carbons (Fsp3) is 0.400. The molecule has 1 aliphatic heterocycles. The Kier molecular flexibility index (Phi) is 4.15. The second-order valence-electron chi connectivity index (χ2n) is 5.13. The third kappa shape index (κ3) is 3.05. The van der Waals surface area contributed by atoms with Crippen LogP contribution in [0, 0.1) is 0 Å². The second-order valence-corrected chi connectivity index (χ2v) is 5.91. The molecule has 3 rings (SSSR count). The number of anilines is 1. The SMILES string of the molecule is CNc1cncc(C2CCCN2C(=O)Cc2ccsc2)n1. The van der Waals surface area contributed by atoms with E-state index in [4.69, 9.17) is 0 Å². The van der Waals surface area contributed by atoms with Gasteiger partial charge in [-0.3, -0.25) is 9.78 Å². The van der Waals surface area contributed by atoms with Gasteiger partial charge in [-0.05, 0) is 35.2 Å². The lowest BCUT2D eigenvalue weighted by molar-refractivity contribution is -0.131. The summed E-state index contributed by atoms with van der Waals surface area (Å²) in [5, 5.41) is 7.03. The standard InChI is InChI=1S/C15H18N4OS/c1-16-14-9-17-8-12(18-14)13-3-2-5-19(13)15(20)7-11-4-6-21-10-11/h4,6,8-10,13H,2-3,5,7H2,1H3,(H,16,18). The van der Waals surface area contributed by atoms with Crippen LogP contribution in [0.25, 0.3) is 0 Å². The van der Waals surface area contributed by atoms with Crippen LogP contribution in [0.1, 0.15) is 30.1 Å². The number of likely N-dealkylation sites (tertiary alicyclic amines) is 1. The summed E-state index contributed by atoms with van der Waals surface area (Å²) < 4.78 is 0. The van der Waals surface area contributed by atoms with Crippen molar-refractivity contribution in [2.75, 3.05) is 18.9 Å². The molecule has 0 saturated carbocycles. The lowest BCUT2D eigenvalue weighted by Crippen LogP contribution is -2.32. The Bertz CT molecular complexity index is 614. The molecule has 0 aromatic carbocycles. The van der Waals surface area contributed by atoms with Gasteiger partial charge in [-0.15, -0.1) is 0 Å². The number of nitrogens with one attached hydrogen (secondary N) is 1. The number of thiophene rings is 1. The third-order valence-corrected chi connectivity index (χ3v) is 4.49. The number of amides is 1. The smallest absolute Gasteiger partial charge is 0.227 e. The maximum atomic E-state index is 12.5. The first-order chi connectivity index (χ1) is 10.3. The van der Waals surface area contributed by atoms with Crippen molar-refractivity contribution < 1.29 is 4.79 Å². The molecule has 2 aromatic rings. The Hall–Kier alpha value is -1.95. The zero-order valence-corrected chi connectivity index (χ0v) is 12.8. The van der Waals surface area contributed by atoms with Crippen molar-refractivity contribution in [3.63, 3.8) is 0 Å². The van der Waals surface area contributed by atoms with Gasteiger partial charge in [-0.1, -0.05) is 0 Å². The van der Waals surface area contributed by atoms with Gasteiger partial charge in [-0.2, -0.15) is 11.3 Å². The molecule has 6 heteroatoms. The molecule has 0 aliphatic carbocycles. The normalized spacial score (nSPS) is 18.0. The highest BCUT2D eigenvalue weighted by molar-refractivity contribution is 7.07. The molecule has 0 bridgehead atoms. The van der Waals surface area contributed by atoms with Crippen LogP contribution in [0.4, 0.5) is 5.82 Å². The number of carbonyl (C=O) groups is 1. The van der Waals surface area contributed by atoms with E-state index in [-0.39, 0.29) is 11.9 Å². The fourth-order valence-corrected chi connectivity index (χ4v) is 3.37. The molecule has 110 valence electrons. The van der Waals surface area contributed by atoms with E-state index in [1.54, 1.807) is 23.7 Å². The molecule has 21 heavy (non-hydrogen) atoms. The number of nitrogens with zero attached hydrogens (tertiary/aromatic N) is 3. The van der Waals surface area contributed by atoms with E-state index in [2.05, 4.69) is 15.3 Å². The molecular formula is C15H18N4OS. The van der Waals surface area contributed by atoms with Gasteiger partial charge in [0, 0.05) is 13.6 Å². The molecule has 0 radical (unpaired) electrons. The summed E-state index contributed by atoms with van der Waals surface area (Å²) in [5.74, 6) is 0.914. The Balaban J connectivity index is 1.76. The van der Waals surface area contributed by atoms with Crippen LogP contribution >= 0.6 is 11.3 Å². The molecule has 1 amide bonds. The van der Waals surface area contributed by atoms with Gasteiger partial charge in [0.05, 0.1) is 30.6 Å². The fourth-order valence-electron chi connectivity index (χ4n) is 2.70. The summed E-state index contributed by atoms with van der Waals surface area (Å²) in [6.45, 7) is 0.805. The molecule has 1 aliphatic rings. The molecule has 3 heterocycles. The van der Waals surface area contributed by atoms with Crippen molar-refractivity contribution in [2.45, 2.75) is 25.3 Å². The summed E-state index contributed by atoms with van der Waals surface area (Å²) in [7, 11) is 1.82. The van der Waals surface area contributed by atoms with Crippen LogP contribution in [0.15, 0.2) is 29.2 Å². The van der Waals surface area contributed by atoms with E-state index in [0.717, 1.165) is 36.5 Å². The van der Waals surface area contributed by atoms with Crippen LogP contribution in [-0.2, 0) is 11.2 Å². The predicted octanol–water partition coefficient (Wildman–Crippen LogP) is 2.49. The van der Waals surface area contributed by atoms with Gasteiger partial charge in [-0.25, -0.2) is 4.98 Å². The summed E-state index contributed by atoms with van der Waals surface area (Å²) >= 11 is 1.62. The third-order valence-electron chi connectivity index (χ3n) is 3.76. The van der Waals surface area contributed by atoms with E-state index in [1.807, 2.05) is 28.8 Å². The van der Waals surface area contributed by atoms with Crippen LogP contribution in [0.3, 0.4) is 0 Å². The van der Waals surface area contributed by atoms with Crippen molar-refractivity contribution >= 4 is 23.1 Å². The summed E-state index contributed by atoms with van der Waals surface area (Å²) in [6.07, 6.45) is 5.90. The number of hydrogen-bond acceptors (Lipinski definition) is 5. The maximum Gasteiger partial charge on any atom is 0.227 e. The van der Waals surface area contributed by atoms with E-state index >= 15 is 0 Å². The molecule has 5 nitrogen and oxygen atoms in total. The van der Waals surface area contributed by atoms with Gasteiger partial charge in [0.1, 0.15) is 5.82 Å². The zero-order valence-electron chi connectivity index (χ0n) is 12.0. The van der Waals surface area contributed by atoms with Crippen molar-refractivity contribution in [3.8, 4) is 0 Å². The van der Waals surface area contributed by atoms with E-state index in [1.165, 1.54) is 0 Å². The highest BCUT2D eigenvalue weighted by atomic mass is 32.1. The van der Waals surface area contributed by atoms with Crippen molar-refractivity contribution in [3.05, 3.63) is 40.5 Å². The molecule has 1 unspecified atom stereocenters. The second kappa shape index (κ2) is 6.22. The highest BCUT2D eigenvalue weighted by Crippen LogP contribution is 2.31. The lowest BCUT2D eigenvalue weighted by atomic mass is 10.1. The minimum atomic E-state index is 0.0527. The summed E-state index contributed by atoms with van der Waals surface area (Å²) in [4.78, 5) is 23.2. The first kappa shape index (κ1) is 14.0. The van der Waals surface area contributed by atoms with E-state index < -0.39 is 0 Å². The molecule has 1 fully saturated rings. The average molecular weight is 302 g/mol. The Labute approximate surface area is 128 Å². The van der Waals surface area contributed by atoms with Gasteiger partial charge < -0.3 is 10.2 Å². The van der Waals surface area contributed by atoms with Crippen LogP contribution < -0.4 is 5.32 Å². The number of aromatic nitrogens is 2. The van der Waals surface area contributed by atoms with Gasteiger partial charge >= 0.3 is 0 Å². The monoisotopic (exact) mass is 302 g/mol. The molecule has 0 spiro atoms. The number of rotatable bonds is 4.